The van der Waals surface area contributed by atoms with Gasteiger partial charge in [-0.05, 0) is 11.4 Å². The molecule has 0 fully saturated rings. The predicted molar refractivity (Wildman–Crippen MR) is 65.2 cm³/mol. The van der Waals surface area contributed by atoms with E-state index in [4.69, 9.17) is 5.73 Å². The molecule has 0 bridgehead atoms. The number of nitrogens with two attached hydrogens (primary N) is 1. The Morgan fingerprint density at radius 3 is 3.13 bits per heavy atom. The number of rotatable bonds is 2. The van der Waals surface area contributed by atoms with Crippen molar-refractivity contribution in [3.05, 3.63) is 16.3 Å². The maximum absolute atomic E-state index is 11.6. The van der Waals surface area contributed by atoms with Gasteiger partial charge < -0.3 is 16.0 Å². The van der Waals surface area contributed by atoms with Crippen LogP contribution in [0.3, 0.4) is 0 Å². The molecule has 0 aliphatic carbocycles. The third-order valence-electron chi connectivity index (χ3n) is 2.26. The summed E-state index contributed by atoms with van der Waals surface area (Å²) in [4.78, 5) is 14.5. The Kier molecular flexibility index (Phi) is 4.38. The third kappa shape index (κ3) is 2.42. The van der Waals surface area contributed by atoms with Crippen LogP contribution in [-0.4, -0.2) is 32.1 Å². The molecule has 1 aliphatic rings. The van der Waals surface area contributed by atoms with E-state index < -0.39 is 0 Å². The third-order valence-corrected chi connectivity index (χ3v) is 3.16. The fraction of sp³-hybridized carbons (Fsp3) is 0.444. The van der Waals surface area contributed by atoms with Crippen molar-refractivity contribution in [1.82, 2.24) is 5.32 Å². The molecule has 3 N–H and O–H groups in total. The average molecular weight is 248 g/mol. The molecule has 2 rings (SSSR count). The maximum atomic E-state index is 11.6. The first kappa shape index (κ1) is 12.3. The zero-order chi connectivity index (χ0) is 9.97. The van der Waals surface area contributed by atoms with Gasteiger partial charge in [0.05, 0.1) is 5.69 Å². The smallest absolute Gasteiger partial charge is 0.263 e. The summed E-state index contributed by atoms with van der Waals surface area (Å²) in [7, 11) is 0. The molecule has 0 spiro atoms. The molecule has 2 heterocycles. The van der Waals surface area contributed by atoms with Crippen LogP contribution in [0.15, 0.2) is 11.4 Å². The van der Waals surface area contributed by atoms with E-state index in [1.54, 1.807) is 0 Å². The second kappa shape index (κ2) is 5.34. The first-order valence-corrected chi connectivity index (χ1v) is 5.51. The summed E-state index contributed by atoms with van der Waals surface area (Å²) < 4.78 is 0. The lowest BCUT2D eigenvalue weighted by atomic mass is 10.3. The molecule has 0 atom stereocenters. The van der Waals surface area contributed by atoms with Gasteiger partial charge in [-0.25, -0.2) is 0 Å². The van der Waals surface area contributed by atoms with E-state index >= 15 is 0 Å². The van der Waals surface area contributed by atoms with Crippen molar-refractivity contribution in [2.75, 3.05) is 31.1 Å². The summed E-state index contributed by atoms with van der Waals surface area (Å²) in [6.07, 6.45) is 0. The van der Waals surface area contributed by atoms with Crippen molar-refractivity contribution in [3.63, 3.8) is 0 Å². The van der Waals surface area contributed by atoms with Crippen LogP contribution in [0.4, 0.5) is 5.69 Å². The number of thiophene rings is 1. The Morgan fingerprint density at radius 1 is 1.60 bits per heavy atom. The molecule has 4 nitrogen and oxygen atoms in total. The van der Waals surface area contributed by atoms with Crippen molar-refractivity contribution in [3.8, 4) is 0 Å². The van der Waals surface area contributed by atoms with E-state index in [2.05, 4.69) is 10.2 Å². The number of halogens is 1. The van der Waals surface area contributed by atoms with Crippen LogP contribution in [0, 0.1) is 0 Å². The normalized spacial score (nSPS) is 15.0. The van der Waals surface area contributed by atoms with E-state index in [0.29, 0.717) is 13.1 Å². The highest BCUT2D eigenvalue weighted by Gasteiger charge is 2.20. The minimum atomic E-state index is 0. The fourth-order valence-corrected chi connectivity index (χ4v) is 2.44. The van der Waals surface area contributed by atoms with Crippen LogP contribution in [0.25, 0.3) is 0 Å². The van der Waals surface area contributed by atoms with Crippen LogP contribution in [0.1, 0.15) is 9.67 Å². The molecule has 84 valence electrons. The molecule has 1 aromatic heterocycles. The van der Waals surface area contributed by atoms with Crippen molar-refractivity contribution in [1.29, 1.82) is 0 Å². The fourth-order valence-electron chi connectivity index (χ4n) is 1.61. The first-order chi connectivity index (χ1) is 6.83. The molecule has 0 saturated carbocycles. The largest absolute Gasteiger partial charge is 0.367 e. The highest BCUT2D eigenvalue weighted by molar-refractivity contribution is 7.12. The van der Waals surface area contributed by atoms with Crippen molar-refractivity contribution in [2.45, 2.75) is 0 Å². The number of hydrogen-bond acceptors (Lipinski definition) is 4. The van der Waals surface area contributed by atoms with Crippen LogP contribution in [-0.2, 0) is 0 Å². The van der Waals surface area contributed by atoms with Gasteiger partial charge in [-0.2, -0.15) is 0 Å². The number of amides is 1. The van der Waals surface area contributed by atoms with Crippen molar-refractivity contribution >= 4 is 35.3 Å². The summed E-state index contributed by atoms with van der Waals surface area (Å²) in [5, 5.41) is 4.81. The lowest BCUT2D eigenvalue weighted by Gasteiger charge is -2.20. The highest BCUT2D eigenvalue weighted by atomic mass is 35.5. The van der Waals surface area contributed by atoms with E-state index in [1.165, 1.54) is 11.3 Å². The number of nitrogens with zero attached hydrogens (tertiary/aromatic N) is 1. The minimum Gasteiger partial charge on any atom is -0.367 e. The molecule has 1 aliphatic heterocycles. The lowest BCUT2D eigenvalue weighted by molar-refractivity contribution is 0.0962. The number of carbonyl (C=O) groups excluding carboxylic acids is 1. The van der Waals surface area contributed by atoms with Gasteiger partial charge in [0.2, 0.25) is 0 Å². The molecular formula is C9H14ClN3OS. The Hall–Kier alpha value is -0.780. The highest BCUT2D eigenvalue weighted by Crippen LogP contribution is 2.27. The molecule has 15 heavy (non-hydrogen) atoms. The van der Waals surface area contributed by atoms with E-state index in [9.17, 15) is 4.79 Å². The van der Waals surface area contributed by atoms with Crippen LogP contribution in [0.5, 0.6) is 0 Å². The Labute approximate surface area is 98.9 Å². The summed E-state index contributed by atoms with van der Waals surface area (Å²) in [6.45, 7) is 2.95. The quantitative estimate of drug-likeness (QED) is 0.808. The summed E-state index contributed by atoms with van der Waals surface area (Å²) in [6, 6.07) is 1.99. The average Bonchev–Trinajstić information content (AvgIpc) is 2.60. The molecule has 1 aromatic rings. The van der Waals surface area contributed by atoms with Gasteiger partial charge >= 0.3 is 0 Å². The van der Waals surface area contributed by atoms with E-state index in [-0.39, 0.29) is 18.3 Å². The van der Waals surface area contributed by atoms with Crippen LogP contribution < -0.4 is 16.0 Å². The van der Waals surface area contributed by atoms with Gasteiger partial charge in [0, 0.05) is 26.2 Å². The van der Waals surface area contributed by atoms with Gasteiger partial charge in [0.25, 0.3) is 5.91 Å². The summed E-state index contributed by atoms with van der Waals surface area (Å²) in [5.41, 5.74) is 6.55. The number of anilines is 1. The second-order valence-electron chi connectivity index (χ2n) is 3.17. The molecule has 0 aromatic carbocycles. The zero-order valence-electron chi connectivity index (χ0n) is 8.23. The SMILES string of the molecule is Cl.NCCN1CCNC(=O)c2sccc21. The van der Waals surface area contributed by atoms with Crippen molar-refractivity contribution < 1.29 is 4.79 Å². The van der Waals surface area contributed by atoms with Gasteiger partial charge in [0.1, 0.15) is 4.88 Å². The van der Waals surface area contributed by atoms with E-state index in [1.807, 2.05) is 11.4 Å². The van der Waals surface area contributed by atoms with Gasteiger partial charge in [-0.15, -0.1) is 23.7 Å². The minimum absolute atomic E-state index is 0. The Morgan fingerprint density at radius 2 is 2.40 bits per heavy atom. The standard InChI is InChI=1S/C9H13N3OS.ClH/c10-2-4-12-5-3-11-9(13)8-7(12)1-6-14-8;/h1,6H,2-5,10H2,(H,11,13);1H. The van der Waals surface area contributed by atoms with Crippen LogP contribution >= 0.6 is 23.7 Å². The first-order valence-electron chi connectivity index (χ1n) is 4.63. The topological polar surface area (TPSA) is 58.4 Å². The number of nitrogens with one attached hydrogen (secondary N) is 1. The zero-order valence-corrected chi connectivity index (χ0v) is 9.87. The second-order valence-corrected chi connectivity index (χ2v) is 4.08. The predicted octanol–water partition coefficient (Wildman–Crippen LogP) is 0.678. The Bertz CT molecular complexity index is 342. The number of fused-ring (bicyclic) bond motifs is 1. The summed E-state index contributed by atoms with van der Waals surface area (Å²) >= 11 is 1.48. The molecular weight excluding hydrogens is 234 g/mol. The van der Waals surface area contributed by atoms with Gasteiger partial charge in [0.15, 0.2) is 0 Å². The number of carbonyl (C=O) groups is 1. The Balaban J connectivity index is 0.00000112. The maximum Gasteiger partial charge on any atom is 0.263 e. The molecule has 1 amide bonds. The van der Waals surface area contributed by atoms with Gasteiger partial charge in [-0.1, -0.05) is 0 Å². The van der Waals surface area contributed by atoms with Crippen LogP contribution in [0.2, 0.25) is 0 Å². The molecule has 0 radical (unpaired) electrons. The summed E-state index contributed by atoms with van der Waals surface area (Å²) in [5.74, 6) is 0.0366. The molecule has 6 heteroatoms. The van der Waals surface area contributed by atoms with Gasteiger partial charge in [-0.3, -0.25) is 4.79 Å². The monoisotopic (exact) mass is 247 g/mol. The molecule has 0 unspecified atom stereocenters. The van der Waals surface area contributed by atoms with Crippen molar-refractivity contribution in [2.24, 2.45) is 5.73 Å². The number of hydrogen-bond donors (Lipinski definition) is 2. The lowest BCUT2D eigenvalue weighted by Crippen LogP contribution is -2.33. The molecule has 0 saturated heterocycles. The van der Waals surface area contributed by atoms with E-state index in [0.717, 1.165) is 23.7 Å².